The topological polar surface area (TPSA) is 29.4 Å². The summed E-state index contributed by atoms with van der Waals surface area (Å²) in [5, 5.41) is 2.06. The molecule has 0 unspecified atom stereocenters. The second-order valence-electron chi connectivity index (χ2n) is 2.17. The zero-order chi connectivity index (χ0) is 8.10. The molecule has 3 heteroatoms. The molecule has 0 saturated heterocycles. The van der Waals surface area contributed by atoms with Crippen LogP contribution in [0.3, 0.4) is 0 Å². The zero-order valence-electron chi connectivity index (χ0n) is 5.91. The summed E-state index contributed by atoms with van der Waals surface area (Å²) in [4.78, 5) is 14.4. The lowest BCUT2D eigenvalue weighted by Crippen LogP contribution is -1.99. The van der Waals surface area contributed by atoms with E-state index in [1.165, 1.54) is 0 Å². The van der Waals surface area contributed by atoms with E-state index in [0.717, 1.165) is 12.8 Å². The Hall–Kier alpha value is -1.05. The molecule has 11 heavy (non-hydrogen) atoms. The Morgan fingerprint density at radius 1 is 1.73 bits per heavy atom. The van der Waals surface area contributed by atoms with Gasteiger partial charge in [0, 0.05) is 5.57 Å². The number of carbonyl (C=O) groups excluding carboxylic acids is 1. The van der Waals surface area contributed by atoms with Gasteiger partial charge in [-0.25, -0.2) is 0 Å². The second-order valence-corrected chi connectivity index (χ2v) is 2.35. The number of rotatable bonds is 1. The maximum absolute atomic E-state index is 11.0. The number of thiocarbonyl (C=S) groups is 1. The van der Waals surface area contributed by atoms with Crippen LogP contribution in [0.1, 0.15) is 12.8 Å². The molecule has 0 radical (unpaired) electrons. The summed E-state index contributed by atoms with van der Waals surface area (Å²) in [7, 11) is 0. The van der Waals surface area contributed by atoms with Crippen LogP contribution in [-0.4, -0.2) is 11.1 Å². The molecular weight excluding hydrogens is 158 g/mol. The fraction of sp³-hybridized carbons (Fsp3) is 0.250. The molecule has 56 valence electrons. The van der Waals surface area contributed by atoms with Gasteiger partial charge < -0.3 is 0 Å². The molecule has 1 amide bonds. The number of amides is 1. The molecule has 2 nitrogen and oxygen atoms in total. The van der Waals surface area contributed by atoms with Crippen molar-refractivity contribution >= 4 is 23.3 Å². The predicted molar refractivity (Wildman–Crippen MR) is 46.5 cm³/mol. The Labute approximate surface area is 70.3 Å². The molecule has 0 heterocycles. The van der Waals surface area contributed by atoms with Crippen LogP contribution in [0.2, 0.25) is 0 Å². The van der Waals surface area contributed by atoms with Gasteiger partial charge in [0.25, 0.3) is 5.91 Å². The van der Waals surface area contributed by atoms with Gasteiger partial charge in [0.1, 0.15) is 0 Å². The molecule has 0 aromatic carbocycles. The number of aliphatic imine (C=N–C) groups is 1. The van der Waals surface area contributed by atoms with Gasteiger partial charge in [-0.15, -0.1) is 0 Å². The largest absolute Gasteiger partial charge is 0.281 e. The first-order valence-electron chi connectivity index (χ1n) is 3.32. The van der Waals surface area contributed by atoms with E-state index in [2.05, 4.69) is 22.4 Å². The van der Waals surface area contributed by atoms with Crippen molar-refractivity contribution in [1.29, 1.82) is 0 Å². The van der Waals surface area contributed by atoms with Crippen LogP contribution in [0.5, 0.6) is 0 Å². The highest BCUT2D eigenvalue weighted by Crippen LogP contribution is 2.12. The van der Waals surface area contributed by atoms with Gasteiger partial charge in [-0.1, -0.05) is 18.2 Å². The van der Waals surface area contributed by atoms with Gasteiger partial charge in [-0.2, -0.15) is 4.99 Å². The summed E-state index contributed by atoms with van der Waals surface area (Å²) in [6.07, 6.45) is 7.30. The van der Waals surface area contributed by atoms with Crippen LogP contribution < -0.4 is 0 Å². The number of isothiocyanates is 1. The van der Waals surface area contributed by atoms with Crippen molar-refractivity contribution < 1.29 is 4.79 Å². The lowest BCUT2D eigenvalue weighted by atomic mass is 10.1. The Kier molecular flexibility index (Phi) is 2.90. The van der Waals surface area contributed by atoms with Crippen molar-refractivity contribution in [3.05, 3.63) is 23.8 Å². The number of hydrogen-bond acceptors (Lipinski definition) is 2. The summed E-state index contributed by atoms with van der Waals surface area (Å²) in [6.45, 7) is 0. The van der Waals surface area contributed by atoms with E-state index in [0.29, 0.717) is 5.57 Å². The Bertz CT molecular complexity index is 272. The third-order valence-corrected chi connectivity index (χ3v) is 1.53. The minimum atomic E-state index is -0.260. The normalized spacial score (nSPS) is 15.1. The summed E-state index contributed by atoms with van der Waals surface area (Å²) in [5.41, 5.74) is 0.713. The molecule has 0 aromatic heterocycles. The summed E-state index contributed by atoms with van der Waals surface area (Å²) in [6, 6.07) is 0. The molecule has 0 aliphatic heterocycles. The molecule has 1 aliphatic rings. The first kappa shape index (κ1) is 8.05. The van der Waals surface area contributed by atoms with Crippen LogP contribution >= 0.6 is 12.2 Å². The van der Waals surface area contributed by atoms with E-state index < -0.39 is 0 Å². The van der Waals surface area contributed by atoms with Gasteiger partial charge in [-0.05, 0) is 25.1 Å². The van der Waals surface area contributed by atoms with E-state index in [-0.39, 0.29) is 5.91 Å². The van der Waals surface area contributed by atoms with Crippen molar-refractivity contribution in [1.82, 2.24) is 0 Å². The summed E-state index contributed by atoms with van der Waals surface area (Å²) < 4.78 is 0. The van der Waals surface area contributed by atoms with E-state index in [1.54, 1.807) is 6.08 Å². The molecule has 0 bridgehead atoms. The monoisotopic (exact) mass is 165 g/mol. The molecule has 1 aliphatic carbocycles. The standard InChI is InChI=1S/C8H7NOS/c10-8(9-6-11)7-4-2-1-3-5-7/h1-2,4H,3,5H2. The van der Waals surface area contributed by atoms with Crippen LogP contribution in [-0.2, 0) is 4.79 Å². The predicted octanol–water partition coefficient (Wildman–Crippen LogP) is 1.89. The van der Waals surface area contributed by atoms with Gasteiger partial charge in [-0.3, -0.25) is 4.79 Å². The molecular formula is C8H7NOS. The number of hydrogen-bond donors (Lipinski definition) is 0. The first-order valence-corrected chi connectivity index (χ1v) is 3.73. The molecule has 0 N–H and O–H groups in total. The van der Waals surface area contributed by atoms with Gasteiger partial charge in [0.05, 0.1) is 5.16 Å². The van der Waals surface area contributed by atoms with Crippen LogP contribution in [0.4, 0.5) is 0 Å². The Morgan fingerprint density at radius 3 is 3.09 bits per heavy atom. The first-order chi connectivity index (χ1) is 5.34. The maximum atomic E-state index is 11.0. The van der Waals surface area contributed by atoms with Crippen molar-refractivity contribution in [3.63, 3.8) is 0 Å². The fourth-order valence-electron chi connectivity index (χ4n) is 0.894. The van der Waals surface area contributed by atoms with E-state index in [1.807, 2.05) is 12.2 Å². The second kappa shape index (κ2) is 3.96. The van der Waals surface area contributed by atoms with E-state index in [9.17, 15) is 4.79 Å². The van der Waals surface area contributed by atoms with Crippen LogP contribution in [0.25, 0.3) is 0 Å². The van der Waals surface area contributed by atoms with Crippen molar-refractivity contribution in [3.8, 4) is 0 Å². The molecule has 1 rings (SSSR count). The number of carbonyl (C=O) groups is 1. The number of nitrogens with zero attached hydrogens (tertiary/aromatic N) is 1. The quantitative estimate of drug-likeness (QED) is 0.438. The minimum Gasteiger partial charge on any atom is -0.266 e. The highest BCUT2D eigenvalue weighted by molar-refractivity contribution is 7.78. The van der Waals surface area contributed by atoms with Crippen molar-refractivity contribution in [2.45, 2.75) is 12.8 Å². The van der Waals surface area contributed by atoms with E-state index in [4.69, 9.17) is 0 Å². The highest BCUT2D eigenvalue weighted by Gasteiger charge is 2.07. The van der Waals surface area contributed by atoms with Gasteiger partial charge in [0.2, 0.25) is 0 Å². The molecule has 0 fully saturated rings. The molecule has 0 spiro atoms. The van der Waals surface area contributed by atoms with Crippen LogP contribution in [0.15, 0.2) is 28.8 Å². The SMILES string of the molecule is O=C(N=C=S)C1=CC=CCC1. The van der Waals surface area contributed by atoms with Crippen LogP contribution in [0, 0.1) is 0 Å². The van der Waals surface area contributed by atoms with Gasteiger partial charge in [0.15, 0.2) is 0 Å². The third kappa shape index (κ3) is 2.22. The number of allylic oxidation sites excluding steroid dienone is 3. The maximum Gasteiger partial charge on any atom is 0.281 e. The van der Waals surface area contributed by atoms with Crippen molar-refractivity contribution in [2.24, 2.45) is 4.99 Å². The summed E-state index contributed by atoms with van der Waals surface area (Å²) in [5.74, 6) is -0.260. The minimum absolute atomic E-state index is 0.260. The highest BCUT2D eigenvalue weighted by atomic mass is 32.1. The van der Waals surface area contributed by atoms with Gasteiger partial charge >= 0.3 is 0 Å². The third-order valence-electron chi connectivity index (χ3n) is 1.44. The van der Waals surface area contributed by atoms with E-state index >= 15 is 0 Å². The van der Waals surface area contributed by atoms with Crippen molar-refractivity contribution in [2.75, 3.05) is 0 Å². The zero-order valence-corrected chi connectivity index (χ0v) is 6.73. The summed E-state index contributed by atoms with van der Waals surface area (Å²) >= 11 is 4.31. The molecule has 0 saturated carbocycles. The molecule has 0 aromatic rings. The average Bonchev–Trinajstić information content (AvgIpc) is 2.07. The molecule has 0 atom stereocenters. The smallest absolute Gasteiger partial charge is 0.266 e. The fourth-order valence-corrected chi connectivity index (χ4v) is 0.977. The Morgan fingerprint density at radius 2 is 2.55 bits per heavy atom. The average molecular weight is 165 g/mol. The Balaban J connectivity index is 2.74. The lowest BCUT2D eigenvalue weighted by Gasteiger charge is -2.01. The lowest BCUT2D eigenvalue weighted by molar-refractivity contribution is -0.114.